The molecule has 0 saturated carbocycles. The van der Waals surface area contributed by atoms with Gasteiger partial charge in [-0.25, -0.2) is 8.78 Å². The third-order valence-electron chi connectivity index (χ3n) is 5.82. The van der Waals surface area contributed by atoms with Crippen molar-refractivity contribution in [2.75, 3.05) is 13.1 Å². The summed E-state index contributed by atoms with van der Waals surface area (Å²) in [5.41, 5.74) is 3.33. The van der Waals surface area contributed by atoms with Crippen molar-refractivity contribution in [2.24, 2.45) is 0 Å². The maximum absolute atomic E-state index is 14.0. The highest BCUT2D eigenvalue weighted by Crippen LogP contribution is 2.34. The Morgan fingerprint density at radius 3 is 2.41 bits per heavy atom. The molecular formula is C24H26F2N2S. The standard InChI is InChI=1S/C24H26F2N2S/c1-17-14-28(18(2)13-27(17)15-19-6-8-22(25)9-7-19)24(21-10-11-29-16-21)20-4-3-5-23(26)12-20/h3-12,16-18,24H,13-15H2,1-2H3/t17-,18+,24+/m1/s1. The lowest BCUT2D eigenvalue weighted by Gasteiger charge is -2.47. The second-order valence-electron chi connectivity index (χ2n) is 7.96. The van der Waals surface area contributed by atoms with Gasteiger partial charge in [0.05, 0.1) is 6.04 Å². The average Bonchev–Trinajstić information content (AvgIpc) is 3.22. The Morgan fingerprint density at radius 2 is 1.72 bits per heavy atom. The van der Waals surface area contributed by atoms with E-state index in [9.17, 15) is 8.78 Å². The minimum absolute atomic E-state index is 0.0439. The van der Waals surface area contributed by atoms with Crippen molar-refractivity contribution >= 4 is 11.3 Å². The summed E-state index contributed by atoms with van der Waals surface area (Å²) in [6, 6.07) is 16.6. The zero-order valence-electron chi connectivity index (χ0n) is 16.8. The van der Waals surface area contributed by atoms with Gasteiger partial charge in [-0.2, -0.15) is 11.3 Å². The van der Waals surface area contributed by atoms with E-state index < -0.39 is 0 Å². The Bertz CT molecular complexity index is 926. The molecule has 0 spiro atoms. The Kier molecular flexibility index (Phi) is 6.09. The van der Waals surface area contributed by atoms with Gasteiger partial charge in [-0.3, -0.25) is 9.80 Å². The Hall–Kier alpha value is -2.08. The molecular weight excluding hydrogens is 386 g/mol. The SMILES string of the molecule is C[C@@H]1CN([C@H](c2ccsc2)c2cccc(F)c2)[C@@H](C)CN1Cc1ccc(F)cc1. The predicted octanol–water partition coefficient (Wildman–Crippen LogP) is 5.71. The first-order chi connectivity index (χ1) is 14.0. The van der Waals surface area contributed by atoms with Gasteiger partial charge in [-0.15, -0.1) is 0 Å². The topological polar surface area (TPSA) is 6.48 Å². The second-order valence-corrected chi connectivity index (χ2v) is 8.75. The molecule has 0 unspecified atom stereocenters. The summed E-state index contributed by atoms with van der Waals surface area (Å²) in [4.78, 5) is 4.94. The van der Waals surface area contributed by atoms with Gasteiger partial charge < -0.3 is 0 Å². The summed E-state index contributed by atoms with van der Waals surface area (Å²) < 4.78 is 27.2. The zero-order chi connectivity index (χ0) is 20.4. The lowest BCUT2D eigenvalue weighted by Crippen LogP contribution is -2.56. The lowest BCUT2D eigenvalue weighted by molar-refractivity contribution is 0.0195. The van der Waals surface area contributed by atoms with Crippen LogP contribution >= 0.6 is 11.3 Å². The van der Waals surface area contributed by atoms with Gasteiger partial charge in [-0.05, 0) is 71.6 Å². The maximum atomic E-state index is 14.0. The van der Waals surface area contributed by atoms with Crippen LogP contribution in [0.15, 0.2) is 65.4 Å². The number of rotatable bonds is 5. The van der Waals surface area contributed by atoms with Crippen molar-refractivity contribution in [2.45, 2.75) is 38.5 Å². The number of thiophene rings is 1. The minimum atomic E-state index is -0.200. The van der Waals surface area contributed by atoms with Crippen LogP contribution in [0.25, 0.3) is 0 Å². The summed E-state index contributed by atoms with van der Waals surface area (Å²) in [5, 5.41) is 4.25. The molecule has 1 saturated heterocycles. The van der Waals surface area contributed by atoms with E-state index in [2.05, 4.69) is 40.5 Å². The number of nitrogens with zero attached hydrogens (tertiary/aromatic N) is 2. The molecule has 5 heteroatoms. The molecule has 0 radical (unpaired) electrons. The molecule has 152 valence electrons. The maximum Gasteiger partial charge on any atom is 0.123 e. The quantitative estimate of drug-likeness (QED) is 0.530. The van der Waals surface area contributed by atoms with Crippen LogP contribution in [0, 0.1) is 11.6 Å². The molecule has 2 nitrogen and oxygen atoms in total. The first kappa shape index (κ1) is 20.2. The third kappa shape index (κ3) is 4.58. The van der Waals surface area contributed by atoms with Gasteiger partial charge in [0, 0.05) is 31.7 Å². The van der Waals surface area contributed by atoms with E-state index in [0.717, 1.165) is 30.8 Å². The zero-order valence-corrected chi connectivity index (χ0v) is 17.6. The smallest absolute Gasteiger partial charge is 0.123 e. The van der Waals surface area contributed by atoms with Crippen LogP contribution in [0.1, 0.15) is 36.6 Å². The highest BCUT2D eigenvalue weighted by molar-refractivity contribution is 7.08. The first-order valence-electron chi connectivity index (χ1n) is 10.0. The van der Waals surface area contributed by atoms with E-state index in [4.69, 9.17) is 0 Å². The van der Waals surface area contributed by atoms with Crippen molar-refractivity contribution < 1.29 is 8.78 Å². The summed E-state index contributed by atoms with van der Waals surface area (Å²) in [5.74, 6) is -0.396. The van der Waals surface area contributed by atoms with Crippen LogP contribution in [-0.2, 0) is 6.54 Å². The average molecular weight is 413 g/mol. The van der Waals surface area contributed by atoms with Crippen LogP contribution in [0.3, 0.4) is 0 Å². The molecule has 3 aromatic rings. The fourth-order valence-corrected chi connectivity index (χ4v) is 4.99. The monoisotopic (exact) mass is 412 g/mol. The fraction of sp³-hybridized carbons (Fsp3) is 0.333. The Morgan fingerprint density at radius 1 is 0.931 bits per heavy atom. The van der Waals surface area contributed by atoms with E-state index in [1.807, 2.05) is 18.2 Å². The molecule has 2 heterocycles. The van der Waals surface area contributed by atoms with E-state index in [-0.39, 0.29) is 17.7 Å². The molecule has 4 rings (SSSR count). The van der Waals surface area contributed by atoms with Crippen molar-refractivity contribution in [3.8, 4) is 0 Å². The van der Waals surface area contributed by atoms with Crippen molar-refractivity contribution in [1.29, 1.82) is 0 Å². The van der Waals surface area contributed by atoms with Gasteiger partial charge >= 0.3 is 0 Å². The molecule has 0 amide bonds. The second kappa shape index (κ2) is 8.74. The van der Waals surface area contributed by atoms with Gasteiger partial charge in [0.2, 0.25) is 0 Å². The van der Waals surface area contributed by atoms with Gasteiger partial charge in [0.1, 0.15) is 11.6 Å². The minimum Gasteiger partial charge on any atom is -0.294 e. The summed E-state index contributed by atoms with van der Waals surface area (Å²) >= 11 is 1.67. The molecule has 1 aromatic heterocycles. The van der Waals surface area contributed by atoms with E-state index in [1.165, 1.54) is 23.8 Å². The lowest BCUT2D eigenvalue weighted by atomic mass is 9.95. The van der Waals surface area contributed by atoms with Crippen molar-refractivity contribution in [1.82, 2.24) is 9.80 Å². The molecule has 1 aliphatic heterocycles. The summed E-state index contributed by atoms with van der Waals surface area (Å²) in [6.45, 7) is 7.08. The highest BCUT2D eigenvalue weighted by Gasteiger charge is 2.35. The molecule has 0 aliphatic carbocycles. The molecule has 0 N–H and O–H groups in total. The number of hydrogen-bond donors (Lipinski definition) is 0. The Balaban J connectivity index is 1.56. The van der Waals surface area contributed by atoms with E-state index in [1.54, 1.807) is 23.5 Å². The van der Waals surface area contributed by atoms with E-state index >= 15 is 0 Å². The van der Waals surface area contributed by atoms with Gasteiger partial charge in [0.15, 0.2) is 0 Å². The number of hydrogen-bond acceptors (Lipinski definition) is 3. The predicted molar refractivity (Wildman–Crippen MR) is 115 cm³/mol. The van der Waals surface area contributed by atoms with Crippen LogP contribution in [0.5, 0.6) is 0 Å². The Labute approximate surface area is 175 Å². The first-order valence-corrected chi connectivity index (χ1v) is 11.0. The molecule has 2 aromatic carbocycles. The highest BCUT2D eigenvalue weighted by atomic mass is 32.1. The third-order valence-corrected chi connectivity index (χ3v) is 6.52. The molecule has 0 bridgehead atoms. The summed E-state index contributed by atoms with van der Waals surface area (Å²) in [7, 11) is 0. The molecule has 3 atom stereocenters. The van der Waals surface area contributed by atoms with Gasteiger partial charge in [0.25, 0.3) is 0 Å². The molecule has 1 fully saturated rings. The van der Waals surface area contributed by atoms with Crippen molar-refractivity contribution in [3.05, 3.63) is 93.7 Å². The summed E-state index contributed by atoms with van der Waals surface area (Å²) in [6.07, 6.45) is 0. The van der Waals surface area contributed by atoms with Gasteiger partial charge in [-0.1, -0.05) is 24.3 Å². The number of halogens is 2. The fourth-order valence-electron chi connectivity index (χ4n) is 4.31. The number of piperazine rings is 1. The van der Waals surface area contributed by atoms with Crippen LogP contribution in [-0.4, -0.2) is 35.0 Å². The normalized spacial score (nSPS) is 21.9. The number of benzene rings is 2. The van der Waals surface area contributed by atoms with Crippen LogP contribution < -0.4 is 0 Å². The molecule has 1 aliphatic rings. The van der Waals surface area contributed by atoms with E-state index in [0.29, 0.717) is 12.1 Å². The van der Waals surface area contributed by atoms with Crippen molar-refractivity contribution in [3.63, 3.8) is 0 Å². The largest absolute Gasteiger partial charge is 0.294 e. The van der Waals surface area contributed by atoms with Crippen LogP contribution in [0.2, 0.25) is 0 Å². The van der Waals surface area contributed by atoms with Crippen LogP contribution in [0.4, 0.5) is 8.78 Å². The molecule has 29 heavy (non-hydrogen) atoms.